The molecule has 9 heteroatoms. The molecule has 0 saturated carbocycles. The third-order valence-corrected chi connectivity index (χ3v) is 4.89. The van der Waals surface area contributed by atoms with Gasteiger partial charge in [-0.15, -0.1) is 0 Å². The number of non-ortho nitro benzene ring substituents is 1. The van der Waals surface area contributed by atoms with E-state index < -0.39 is 10.3 Å². The predicted molar refractivity (Wildman–Crippen MR) is 122 cm³/mol. The summed E-state index contributed by atoms with van der Waals surface area (Å²) in [5, 5.41) is 16.8. The van der Waals surface area contributed by atoms with Crippen molar-refractivity contribution in [2.24, 2.45) is 10.5 Å². The molecule has 1 heterocycles. The maximum absolute atomic E-state index is 13.3. The number of hydrogen-bond acceptors (Lipinski definition) is 7. The summed E-state index contributed by atoms with van der Waals surface area (Å²) in [4.78, 5) is 23.8. The fraction of sp³-hybridized carbons (Fsp3) is 0.304. The van der Waals surface area contributed by atoms with E-state index in [4.69, 9.17) is 14.2 Å². The monoisotopic (exact) mass is 439 g/mol. The number of amides is 1. The van der Waals surface area contributed by atoms with Gasteiger partial charge in [0.05, 0.1) is 43.2 Å². The fourth-order valence-electron chi connectivity index (χ4n) is 3.34. The van der Waals surface area contributed by atoms with Gasteiger partial charge in [-0.3, -0.25) is 14.9 Å². The summed E-state index contributed by atoms with van der Waals surface area (Å²) in [6.45, 7) is 5.88. The predicted octanol–water partition coefficient (Wildman–Crippen LogP) is 4.45. The van der Waals surface area contributed by atoms with Gasteiger partial charge in [0, 0.05) is 17.5 Å². The number of nitro benzene ring substituents is 1. The molecule has 1 aliphatic heterocycles. The number of carbonyl (C=O) groups excluding carboxylic acids is 1. The normalized spacial score (nSPS) is 15.1. The minimum absolute atomic E-state index is 0.0615. The van der Waals surface area contributed by atoms with Crippen molar-refractivity contribution >= 4 is 29.1 Å². The van der Waals surface area contributed by atoms with Crippen LogP contribution in [0, 0.1) is 15.5 Å². The number of nitrogens with zero attached hydrogens (tertiary/aromatic N) is 3. The second-order valence-corrected chi connectivity index (χ2v) is 8.11. The van der Waals surface area contributed by atoms with Crippen molar-refractivity contribution in [2.45, 2.75) is 20.8 Å². The summed E-state index contributed by atoms with van der Waals surface area (Å²) in [6, 6.07) is 9.18. The molecule has 0 unspecified atom stereocenters. The molecule has 0 N–H and O–H groups in total. The van der Waals surface area contributed by atoms with Gasteiger partial charge in [0.2, 0.25) is 5.75 Å². The van der Waals surface area contributed by atoms with E-state index in [2.05, 4.69) is 5.10 Å². The smallest absolute Gasteiger partial charge is 0.280 e. The number of hydrazone groups is 1. The molecule has 0 radical (unpaired) electrons. The highest BCUT2D eigenvalue weighted by Gasteiger charge is 2.37. The highest BCUT2D eigenvalue weighted by atomic mass is 16.6. The standard InChI is InChI=1S/C23H25N3O6/c1-23(2,3)21-17(11-14-12-18(30-4)20(32-6)19(13-14)31-5)22(27)25(24-21)15-7-9-16(10-8-15)26(28)29/h7-13H,1-6H3/b17-11-. The third kappa shape index (κ3) is 4.27. The Balaban J connectivity index is 2.10. The summed E-state index contributed by atoms with van der Waals surface area (Å²) < 4.78 is 16.2. The van der Waals surface area contributed by atoms with Crippen LogP contribution in [0.3, 0.4) is 0 Å². The molecule has 2 aromatic carbocycles. The second-order valence-electron chi connectivity index (χ2n) is 8.11. The first kappa shape index (κ1) is 22.8. The van der Waals surface area contributed by atoms with Crippen molar-refractivity contribution < 1.29 is 23.9 Å². The fourth-order valence-corrected chi connectivity index (χ4v) is 3.34. The van der Waals surface area contributed by atoms with E-state index in [9.17, 15) is 14.9 Å². The van der Waals surface area contributed by atoms with Gasteiger partial charge in [0.25, 0.3) is 11.6 Å². The Labute approximate surface area is 186 Å². The average Bonchev–Trinajstić information content (AvgIpc) is 3.09. The highest BCUT2D eigenvalue weighted by molar-refractivity contribution is 6.34. The van der Waals surface area contributed by atoms with Crippen molar-refractivity contribution in [1.82, 2.24) is 0 Å². The minimum atomic E-state index is -0.491. The van der Waals surface area contributed by atoms with Crippen LogP contribution in [0.4, 0.5) is 11.4 Å². The first-order valence-electron chi connectivity index (χ1n) is 9.80. The quantitative estimate of drug-likeness (QED) is 0.374. The van der Waals surface area contributed by atoms with Gasteiger partial charge in [0.15, 0.2) is 11.5 Å². The molecule has 0 aromatic heterocycles. The van der Waals surface area contributed by atoms with Gasteiger partial charge in [-0.05, 0) is 35.9 Å². The van der Waals surface area contributed by atoms with Crippen LogP contribution in [-0.4, -0.2) is 37.9 Å². The Morgan fingerprint density at radius 2 is 1.56 bits per heavy atom. The molecule has 32 heavy (non-hydrogen) atoms. The van der Waals surface area contributed by atoms with Crippen LogP contribution in [0.1, 0.15) is 26.3 Å². The summed E-state index contributed by atoms with van der Waals surface area (Å²) in [5.74, 6) is 1.04. The molecular formula is C23H25N3O6. The summed E-state index contributed by atoms with van der Waals surface area (Å²) >= 11 is 0. The molecule has 168 valence electrons. The van der Waals surface area contributed by atoms with Crippen molar-refractivity contribution in [2.75, 3.05) is 26.3 Å². The first-order chi connectivity index (χ1) is 15.1. The van der Waals surface area contributed by atoms with E-state index in [0.717, 1.165) is 0 Å². The molecule has 9 nitrogen and oxygen atoms in total. The molecule has 3 rings (SSSR count). The van der Waals surface area contributed by atoms with Gasteiger partial charge in [-0.1, -0.05) is 20.8 Å². The first-order valence-corrected chi connectivity index (χ1v) is 9.80. The van der Waals surface area contributed by atoms with Gasteiger partial charge < -0.3 is 14.2 Å². The summed E-state index contributed by atoms with van der Waals surface area (Å²) in [6.07, 6.45) is 1.72. The number of nitro groups is 1. The zero-order chi connectivity index (χ0) is 23.6. The Bertz CT molecular complexity index is 1090. The Morgan fingerprint density at radius 1 is 1.00 bits per heavy atom. The van der Waals surface area contributed by atoms with E-state index >= 15 is 0 Å². The van der Waals surface area contributed by atoms with Gasteiger partial charge in [-0.25, -0.2) is 0 Å². The van der Waals surface area contributed by atoms with Crippen LogP contribution in [-0.2, 0) is 4.79 Å². The largest absolute Gasteiger partial charge is 0.493 e. The number of hydrogen-bond donors (Lipinski definition) is 0. The van der Waals surface area contributed by atoms with Crippen LogP contribution >= 0.6 is 0 Å². The Morgan fingerprint density at radius 3 is 2.00 bits per heavy atom. The summed E-state index contributed by atoms with van der Waals surface area (Å²) in [5.41, 5.74) is 1.62. The Hall–Kier alpha value is -3.88. The molecule has 0 aliphatic carbocycles. The zero-order valence-electron chi connectivity index (χ0n) is 18.8. The maximum atomic E-state index is 13.3. The van der Waals surface area contributed by atoms with Crippen molar-refractivity contribution in [3.8, 4) is 17.2 Å². The van der Waals surface area contributed by atoms with E-state index in [1.807, 2.05) is 20.8 Å². The van der Waals surface area contributed by atoms with Gasteiger partial charge in [0.1, 0.15) is 0 Å². The highest BCUT2D eigenvalue weighted by Crippen LogP contribution is 2.40. The van der Waals surface area contributed by atoms with Crippen molar-refractivity contribution in [3.63, 3.8) is 0 Å². The van der Waals surface area contributed by atoms with Crippen LogP contribution in [0.25, 0.3) is 6.08 Å². The number of carbonyl (C=O) groups is 1. The van der Waals surface area contributed by atoms with Gasteiger partial charge >= 0.3 is 0 Å². The van der Waals surface area contributed by atoms with Crippen LogP contribution in [0.15, 0.2) is 47.1 Å². The molecular weight excluding hydrogens is 414 g/mol. The molecule has 0 saturated heterocycles. The lowest BCUT2D eigenvalue weighted by atomic mass is 9.85. The van der Waals surface area contributed by atoms with Crippen LogP contribution in [0.2, 0.25) is 0 Å². The molecule has 2 aromatic rings. The molecule has 1 amide bonds. The van der Waals surface area contributed by atoms with Crippen molar-refractivity contribution in [3.05, 3.63) is 57.6 Å². The van der Waals surface area contributed by atoms with E-state index in [1.165, 1.54) is 50.6 Å². The van der Waals surface area contributed by atoms with E-state index in [-0.39, 0.29) is 11.6 Å². The molecule has 0 fully saturated rings. The lowest BCUT2D eigenvalue weighted by Crippen LogP contribution is -2.24. The maximum Gasteiger partial charge on any atom is 0.280 e. The number of rotatable bonds is 6. The van der Waals surface area contributed by atoms with E-state index in [1.54, 1.807) is 18.2 Å². The second kappa shape index (κ2) is 8.70. The van der Waals surface area contributed by atoms with Crippen molar-refractivity contribution in [1.29, 1.82) is 0 Å². The molecule has 0 spiro atoms. The number of anilines is 1. The lowest BCUT2D eigenvalue weighted by Gasteiger charge is -2.18. The SMILES string of the molecule is COc1cc(/C=C2\C(=O)N(c3ccc([N+](=O)[O-])cc3)N=C2C(C)(C)C)cc(OC)c1OC. The number of methoxy groups -OCH3 is 3. The summed E-state index contributed by atoms with van der Waals surface area (Å²) in [7, 11) is 4.56. The lowest BCUT2D eigenvalue weighted by molar-refractivity contribution is -0.384. The molecule has 0 atom stereocenters. The zero-order valence-corrected chi connectivity index (χ0v) is 18.8. The topological polar surface area (TPSA) is 104 Å². The Kier molecular flexibility index (Phi) is 6.20. The molecule has 1 aliphatic rings. The van der Waals surface area contributed by atoms with Crippen LogP contribution in [0.5, 0.6) is 17.2 Å². The average molecular weight is 439 g/mol. The van der Waals surface area contributed by atoms with E-state index in [0.29, 0.717) is 39.8 Å². The molecule has 0 bridgehead atoms. The number of ether oxygens (including phenoxy) is 3. The third-order valence-electron chi connectivity index (χ3n) is 4.89. The van der Waals surface area contributed by atoms with Crippen LogP contribution < -0.4 is 19.2 Å². The minimum Gasteiger partial charge on any atom is -0.493 e. The number of benzene rings is 2. The van der Waals surface area contributed by atoms with Gasteiger partial charge in [-0.2, -0.15) is 10.1 Å².